The molecular weight excluding hydrogens is 312 g/mol. The van der Waals surface area contributed by atoms with Crippen LogP contribution in [0.4, 0.5) is 0 Å². The Morgan fingerprint density at radius 2 is 1.64 bits per heavy atom. The van der Waals surface area contributed by atoms with Crippen molar-refractivity contribution in [1.29, 1.82) is 0 Å². The van der Waals surface area contributed by atoms with Gasteiger partial charge in [0.1, 0.15) is 6.54 Å². The number of β-amino-alcohol motifs (C(OH)–C–C–N with tert-alkyl or cyclic N) is 1. The quantitative estimate of drug-likeness (QED) is 0.783. The smallest absolute Gasteiger partial charge is 0.106 e. The normalized spacial score (nSPS) is 17.3. The number of benzene rings is 2. The van der Waals surface area contributed by atoms with Gasteiger partial charge in [0.25, 0.3) is 0 Å². The molecule has 1 aliphatic rings. The SMILES string of the molecule is O=NCc1ccccc1CC(O)CN1CCC(c2ccccc2)CC1. The fraction of sp³-hybridized carbons (Fsp3) is 0.429. The number of aliphatic hydroxyl groups is 1. The van der Waals surface area contributed by atoms with Crippen LogP contribution in [-0.4, -0.2) is 35.7 Å². The monoisotopic (exact) mass is 338 g/mol. The number of rotatable bonds is 7. The molecule has 1 aliphatic heterocycles. The summed E-state index contributed by atoms with van der Waals surface area (Å²) in [7, 11) is 0. The van der Waals surface area contributed by atoms with Crippen LogP contribution in [0.2, 0.25) is 0 Å². The summed E-state index contributed by atoms with van der Waals surface area (Å²) in [6.45, 7) is 2.90. The minimum Gasteiger partial charge on any atom is -0.391 e. The Labute approximate surface area is 149 Å². The van der Waals surface area contributed by atoms with E-state index in [1.54, 1.807) is 0 Å². The molecule has 3 rings (SSSR count). The van der Waals surface area contributed by atoms with Crippen LogP contribution in [0.15, 0.2) is 59.8 Å². The molecule has 4 heteroatoms. The maximum Gasteiger partial charge on any atom is 0.106 e. The molecule has 1 atom stereocenters. The number of piperidine rings is 1. The number of nitroso groups, excluding NO2 is 1. The molecule has 2 aromatic rings. The number of hydrogen-bond donors (Lipinski definition) is 1. The van der Waals surface area contributed by atoms with Gasteiger partial charge in [-0.25, -0.2) is 0 Å². The van der Waals surface area contributed by atoms with E-state index in [4.69, 9.17) is 0 Å². The van der Waals surface area contributed by atoms with Crippen molar-refractivity contribution >= 4 is 0 Å². The number of likely N-dealkylation sites (tertiary alicyclic amines) is 1. The molecule has 1 saturated heterocycles. The second-order valence-electron chi connectivity index (χ2n) is 6.90. The average Bonchev–Trinajstić information content (AvgIpc) is 2.65. The van der Waals surface area contributed by atoms with Crippen molar-refractivity contribution in [2.24, 2.45) is 5.18 Å². The Morgan fingerprint density at radius 1 is 1.00 bits per heavy atom. The molecule has 1 fully saturated rings. The topological polar surface area (TPSA) is 52.9 Å². The molecule has 1 N–H and O–H groups in total. The van der Waals surface area contributed by atoms with E-state index >= 15 is 0 Å². The van der Waals surface area contributed by atoms with E-state index in [-0.39, 0.29) is 6.54 Å². The van der Waals surface area contributed by atoms with E-state index in [2.05, 4.69) is 40.4 Å². The van der Waals surface area contributed by atoms with Crippen molar-refractivity contribution in [3.05, 3.63) is 76.2 Å². The molecule has 0 radical (unpaired) electrons. The highest BCUT2D eigenvalue weighted by molar-refractivity contribution is 5.27. The summed E-state index contributed by atoms with van der Waals surface area (Å²) in [6.07, 6.45) is 2.44. The van der Waals surface area contributed by atoms with Crippen molar-refractivity contribution in [2.75, 3.05) is 19.6 Å². The van der Waals surface area contributed by atoms with E-state index in [1.807, 2.05) is 24.3 Å². The van der Waals surface area contributed by atoms with E-state index in [1.165, 1.54) is 5.56 Å². The van der Waals surface area contributed by atoms with Crippen molar-refractivity contribution in [1.82, 2.24) is 4.90 Å². The van der Waals surface area contributed by atoms with Gasteiger partial charge in [-0.2, -0.15) is 4.91 Å². The minimum atomic E-state index is -0.416. The van der Waals surface area contributed by atoms with E-state index in [9.17, 15) is 10.0 Å². The molecule has 1 unspecified atom stereocenters. The molecule has 2 aromatic carbocycles. The van der Waals surface area contributed by atoms with E-state index < -0.39 is 6.10 Å². The van der Waals surface area contributed by atoms with Crippen LogP contribution in [0.5, 0.6) is 0 Å². The predicted molar refractivity (Wildman–Crippen MR) is 101 cm³/mol. The van der Waals surface area contributed by atoms with Crippen LogP contribution in [0.3, 0.4) is 0 Å². The Hall–Kier alpha value is -2.04. The molecule has 0 bridgehead atoms. The maximum atomic E-state index is 10.6. The summed E-state index contributed by atoms with van der Waals surface area (Å²) in [5.41, 5.74) is 3.37. The molecule has 1 heterocycles. The average molecular weight is 338 g/mol. The molecule has 0 saturated carbocycles. The van der Waals surface area contributed by atoms with Gasteiger partial charge in [0, 0.05) is 6.54 Å². The molecule has 0 aliphatic carbocycles. The Balaban J connectivity index is 1.50. The molecule has 0 spiro atoms. The summed E-state index contributed by atoms with van der Waals surface area (Å²) in [4.78, 5) is 12.9. The van der Waals surface area contributed by atoms with Crippen LogP contribution in [-0.2, 0) is 13.0 Å². The van der Waals surface area contributed by atoms with Gasteiger partial charge in [-0.3, -0.25) is 0 Å². The van der Waals surface area contributed by atoms with Gasteiger partial charge in [-0.15, -0.1) is 0 Å². The maximum absolute atomic E-state index is 10.6. The molecular formula is C21H26N2O2. The van der Waals surface area contributed by atoms with Gasteiger partial charge < -0.3 is 10.0 Å². The third-order valence-corrected chi connectivity index (χ3v) is 5.14. The highest BCUT2D eigenvalue weighted by Crippen LogP contribution is 2.27. The summed E-state index contributed by atoms with van der Waals surface area (Å²) < 4.78 is 0. The highest BCUT2D eigenvalue weighted by atomic mass is 16.3. The summed E-state index contributed by atoms with van der Waals surface area (Å²) >= 11 is 0. The first kappa shape index (κ1) is 17.8. The number of hydrogen-bond acceptors (Lipinski definition) is 4. The summed E-state index contributed by atoms with van der Waals surface area (Å²) in [5.74, 6) is 0.633. The van der Waals surface area contributed by atoms with Gasteiger partial charge in [0.2, 0.25) is 0 Å². The van der Waals surface area contributed by atoms with Gasteiger partial charge in [-0.05, 0) is 55.0 Å². The zero-order valence-corrected chi connectivity index (χ0v) is 14.6. The zero-order valence-electron chi connectivity index (χ0n) is 14.6. The lowest BCUT2D eigenvalue weighted by atomic mass is 9.89. The first-order valence-corrected chi connectivity index (χ1v) is 9.07. The minimum absolute atomic E-state index is 0.172. The van der Waals surface area contributed by atoms with Crippen LogP contribution < -0.4 is 0 Å². The first-order chi connectivity index (χ1) is 12.3. The van der Waals surface area contributed by atoms with Gasteiger partial charge in [0.05, 0.1) is 6.10 Å². The van der Waals surface area contributed by atoms with Gasteiger partial charge in [-0.1, -0.05) is 59.8 Å². The molecule has 25 heavy (non-hydrogen) atoms. The lowest BCUT2D eigenvalue weighted by Gasteiger charge is -2.33. The third-order valence-electron chi connectivity index (χ3n) is 5.14. The summed E-state index contributed by atoms with van der Waals surface area (Å²) in [5, 5.41) is 13.5. The van der Waals surface area contributed by atoms with Crippen molar-refractivity contribution < 1.29 is 5.11 Å². The lowest BCUT2D eigenvalue weighted by Crippen LogP contribution is -2.39. The lowest BCUT2D eigenvalue weighted by molar-refractivity contribution is 0.0970. The fourth-order valence-corrected chi connectivity index (χ4v) is 3.77. The highest BCUT2D eigenvalue weighted by Gasteiger charge is 2.22. The second kappa shape index (κ2) is 8.88. The van der Waals surface area contributed by atoms with Crippen LogP contribution in [0.25, 0.3) is 0 Å². The van der Waals surface area contributed by atoms with Gasteiger partial charge >= 0.3 is 0 Å². The van der Waals surface area contributed by atoms with Crippen LogP contribution >= 0.6 is 0 Å². The summed E-state index contributed by atoms with van der Waals surface area (Å²) in [6, 6.07) is 18.5. The predicted octanol–water partition coefficient (Wildman–Crippen LogP) is 3.74. The first-order valence-electron chi connectivity index (χ1n) is 9.07. The Morgan fingerprint density at radius 3 is 2.32 bits per heavy atom. The zero-order chi connectivity index (χ0) is 17.5. The molecule has 4 nitrogen and oxygen atoms in total. The fourth-order valence-electron chi connectivity index (χ4n) is 3.77. The Kier molecular flexibility index (Phi) is 6.31. The second-order valence-corrected chi connectivity index (χ2v) is 6.90. The standard InChI is InChI=1S/C21H26N2O2/c24-21(14-19-8-4-5-9-20(19)15-22-25)16-23-12-10-18(11-13-23)17-6-2-1-3-7-17/h1-9,18,21,24H,10-16H2. The van der Waals surface area contributed by atoms with E-state index in [0.29, 0.717) is 18.9 Å². The number of aliphatic hydroxyl groups excluding tert-OH is 1. The van der Waals surface area contributed by atoms with Crippen molar-refractivity contribution in [2.45, 2.75) is 37.8 Å². The largest absolute Gasteiger partial charge is 0.391 e. The number of nitrogens with zero attached hydrogens (tertiary/aromatic N) is 2. The van der Waals surface area contributed by atoms with Gasteiger partial charge in [0.15, 0.2) is 0 Å². The van der Waals surface area contributed by atoms with Crippen molar-refractivity contribution in [3.63, 3.8) is 0 Å². The van der Waals surface area contributed by atoms with Crippen LogP contribution in [0, 0.1) is 4.91 Å². The third kappa shape index (κ3) is 4.97. The Bertz CT molecular complexity index is 667. The molecule has 132 valence electrons. The van der Waals surface area contributed by atoms with E-state index in [0.717, 1.165) is 37.1 Å². The molecule has 0 aromatic heterocycles. The molecule has 0 amide bonds. The van der Waals surface area contributed by atoms with Crippen LogP contribution in [0.1, 0.15) is 35.4 Å². The van der Waals surface area contributed by atoms with Crippen molar-refractivity contribution in [3.8, 4) is 0 Å².